The van der Waals surface area contributed by atoms with Crippen LogP contribution in [0.4, 0.5) is 0 Å². The summed E-state index contributed by atoms with van der Waals surface area (Å²) in [5.74, 6) is 1.34. The van der Waals surface area contributed by atoms with E-state index in [0.29, 0.717) is 5.76 Å². The van der Waals surface area contributed by atoms with E-state index in [1.807, 2.05) is 23.1 Å². The van der Waals surface area contributed by atoms with Gasteiger partial charge in [0.05, 0.1) is 6.54 Å². The highest BCUT2D eigenvalue weighted by molar-refractivity contribution is 5.91. The zero-order valence-corrected chi connectivity index (χ0v) is 17.7. The van der Waals surface area contributed by atoms with Gasteiger partial charge in [-0.1, -0.05) is 36.4 Å². The average Bonchev–Trinajstić information content (AvgIpc) is 3.25. The Labute approximate surface area is 179 Å². The Balaban J connectivity index is 1.23. The molecule has 2 aliphatic rings. The van der Waals surface area contributed by atoms with Crippen LogP contribution in [-0.2, 0) is 13.1 Å². The number of benzene rings is 1. The highest BCUT2D eigenvalue weighted by Gasteiger charge is 2.24. The summed E-state index contributed by atoms with van der Waals surface area (Å²) in [6, 6.07) is 14.4. The zero-order valence-electron chi connectivity index (χ0n) is 17.7. The van der Waals surface area contributed by atoms with Gasteiger partial charge < -0.3 is 9.32 Å². The van der Waals surface area contributed by atoms with Crippen molar-refractivity contribution in [1.82, 2.24) is 19.6 Å². The quantitative estimate of drug-likeness (QED) is 0.659. The number of furan rings is 1. The second-order valence-electron chi connectivity index (χ2n) is 8.19. The highest BCUT2D eigenvalue weighted by Crippen LogP contribution is 2.16. The van der Waals surface area contributed by atoms with E-state index in [4.69, 9.17) is 4.42 Å². The largest absolute Gasteiger partial charge is 0.455 e. The second-order valence-corrected chi connectivity index (χ2v) is 8.19. The molecule has 2 aliphatic heterocycles. The van der Waals surface area contributed by atoms with Crippen molar-refractivity contribution in [3.8, 4) is 0 Å². The van der Waals surface area contributed by atoms with Gasteiger partial charge in [-0.25, -0.2) is 0 Å². The molecule has 6 heteroatoms. The first kappa shape index (κ1) is 20.8. The maximum absolute atomic E-state index is 12.8. The van der Waals surface area contributed by atoms with E-state index in [2.05, 4.69) is 51.6 Å². The standard InChI is InChI=1S/C24H32N4O2/c1-2-10-25-15-17-28(18-16-25)24(29)23-9-8-22(30-23)20-27-13-11-26(12-14-27)19-21-6-4-3-5-7-21/h2-9H,1,10-20H2. The average molecular weight is 409 g/mol. The summed E-state index contributed by atoms with van der Waals surface area (Å²) in [7, 11) is 0. The van der Waals surface area contributed by atoms with E-state index in [1.165, 1.54) is 5.56 Å². The lowest BCUT2D eigenvalue weighted by atomic mass is 10.2. The Morgan fingerprint density at radius 1 is 0.833 bits per heavy atom. The number of hydrogen-bond donors (Lipinski definition) is 0. The number of nitrogens with zero attached hydrogens (tertiary/aromatic N) is 4. The van der Waals surface area contributed by atoms with Gasteiger partial charge in [0.25, 0.3) is 5.91 Å². The fourth-order valence-electron chi connectivity index (χ4n) is 4.22. The molecule has 3 heterocycles. The molecule has 6 nitrogen and oxygen atoms in total. The van der Waals surface area contributed by atoms with Crippen molar-refractivity contribution in [3.05, 3.63) is 72.2 Å². The Kier molecular flexibility index (Phi) is 7.00. The number of hydrogen-bond acceptors (Lipinski definition) is 5. The first-order valence-electron chi connectivity index (χ1n) is 10.9. The topological polar surface area (TPSA) is 43.2 Å². The van der Waals surface area contributed by atoms with E-state index in [-0.39, 0.29) is 5.91 Å². The van der Waals surface area contributed by atoms with Crippen molar-refractivity contribution in [1.29, 1.82) is 0 Å². The first-order chi connectivity index (χ1) is 14.7. The van der Waals surface area contributed by atoms with Crippen molar-refractivity contribution in [3.63, 3.8) is 0 Å². The van der Waals surface area contributed by atoms with Crippen LogP contribution in [-0.4, -0.2) is 84.4 Å². The van der Waals surface area contributed by atoms with Crippen LogP contribution in [0.1, 0.15) is 21.9 Å². The van der Waals surface area contributed by atoms with Crippen LogP contribution in [0.5, 0.6) is 0 Å². The van der Waals surface area contributed by atoms with E-state index in [1.54, 1.807) is 0 Å². The molecule has 30 heavy (non-hydrogen) atoms. The van der Waals surface area contributed by atoms with Crippen LogP contribution in [0, 0.1) is 0 Å². The number of carbonyl (C=O) groups is 1. The van der Waals surface area contributed by atoms with Crippen molar-refractivity contribution in [2.45, 2.75) is 13.1 Å². The lowest BCUT2D eigenvalue weighted by Gasteiger charge is -2.34. The predicted molar refractivity (Wildman–Crippen MR) is 118 cm³/mol. The molecule has 0 aliphatic carbocycles. The SMILES string of the molecule is C=CCN1CCN(C(=O)c2ccc(CN3CCN(Cc4ccccc4)CC3)o2)CC1. The van der Waals surface area contributed by atoms with Crippen molar-refractivity contribution < 1.29 is 9.21 Å². The Bertz CT molecular complexity index is 819. The van der Waals surface area contributed by atoms with Gasteiger partial charge in [0.15, 0.2) is 5.76 Å². The minimum absolute atomic E-state index is 0.00665. The minimum atomic E-state index is 0.00665. The van der Waals surface area contributed by atoms with Crippen molar-refractivity contribution >= 4 is 5.91 Å². The Morgan fingerprint density at radius 3 is 2.13 bits per heavy atom. The van der Waals surface area contributed by atoms with E-state index in [9.17, 15) is 4.79 Å². The normalized spacial score (nSPS) is 19.1. The Hall–Kier alpha value is -2.41. The lowest BCUT2D eigenvalue weighted by Crippen LogP contribution is -2.48. The molecule has 160 valence electrons. The van der Waals surface area contributed by atoms with Crippen molar-refractivity contribution in [2.75, 3.05) is 58.9 Å². The van der Waals surface area contributed by atoms with Gasteiger partial charge in [-0.05, 0) is 17.7 Å². The van der Waals surface area contributed by atoms with Gasteiger partial charge in [0.1, 0.15) is 5.76 Å². The molecule has 2 fully saturated rings. The summed E-state index contributed by atoms with van der Waals surface area (Å²) in [5.41, 5.74) is 1.37. The van der Waals surface area contributed by atoms with Crippen LogP contribution >= 0.6 is 0 Å². The molecule has 2 aromatic rings. The summed E-state index contributed by atoms with van der Waals surface area (Å²) in [5, 5.41) is 0. The Morgan fingerprint density at radius 2 is 1.47 bits per heavy atom. The van der Waals surface area contributed by atoms with Gasteiger partial charge in [-0.2, -0.15) is 0 Å². The summed E-state index contributed by atoms with van der Waals surface area (Å²) in [6.45, 7) is 13.8. The summed E-state index contributed by atoms with van der Waals surface area (Å²) in [6.07, 6.45) is 1.91. The van der Waals surface area contributed by atoms with E-state index >= 15 is 0 Å². The number of carbonyl (C=O) groups excluding carboxylic acids is 1. The molecule has 0 unspecified atom stereocenters. The molecular weight excluding hydrogens is 376 g/mol. The number of piperazine rings is 2. The van der Waals surface area contributed by atoms with Gasteiger partial charge in [0, 0.05) is 65.4 Å². The van der Waals surface area contributed by atoms with Crippen molar-refractivity contribution in [2.24, 2.45) is 0 Å². The first-order valence-corrected chi connectivity index (χ1v) is 10.9. The third-order valence-electron chi connectivity index (χ3n) is 6.01. The molecule has 0 N–H and O–H groups in total. The molecule has 1 aromatic carbocycles. The zero-order chi connectivity index (χ0) is 20.8. The van der Waals surface area contributed by atoms with Gasteiger partial charge >= 0.3 is 0 Å². The monoisotopic (exact) mass is 408 g/mol. The smallest absolute Gasteiger partial charge is 0.289 e. The van der Waals surface area contributed by atoms with Crippen LogP contribution in [0.2, 0.25) is 0 Å². The summed E-state index contributed by atoms with van der Waals surface area (Å²) >= 11 is 0. The molecule has 0 radical (unpaired) electrons. The number of amides is 1. The third kappa shape index (κ3) is 5.39. The molecule has 1 aromatic heterocycles. The van der Waals surface area contributed by atoms with Gasteiger partial charge in [0.2, 0.25) is 0 Å². The third-order valence-corrected chi connectivity index (χ3v) is 6.01. The molecule has 0 saturated carbocycles. The van der Waals surface area contributed by atoms with E-state index in [0.717, 1.165) is 77.8 Å². The molecule has 0 bridgehead atoms. The van der Waals surface area contributed by atoms with Crippen LogP contribution < -0.4 is 0 Å². The van der Waals surface area contributed by atoms with E-state index < -0.39 is 0 Å². The van der Waals surface area contributed by atoms with Gasteiger partial charge in [-0.3, -0.25) is 19.5 Å². The van der Waals surface area contributed by atoms with Gasteiger partial charge in [-0.15, -0.1) is 6.58 Å². The highest BCUT2D eigenvalue weighted by atomic mass is 16.4. The summed E-state index contributed by atoms with van der Waals surface area (Å²) < 4.78 is 5.92. The van der Waals surface area contributed by atoms with Crippen LogP contribution in [0.3, 0.4) is 0 Å². The fourth-order valence-corrected chi connectivity index (χ4v) is 4.22. The maximum atomic E-state index is 12.8. The fraction of sp³-hybridized carbons (Fsp3) is 0.458. The molecule has 4 rings (SSSR count). The second kappa shape index (κ2) is 10.1. The van der Waals surface area contributed by atoms with Crippen LogP contribution in [0.15, 0.2) is 59.5 Å². The minimum Gasteiger partial charge on any atom is -0.455 e. The summed E-state index contributed by atoms with van der Waals surface area (Å²) in [4.78, 5) is 21.9. The molecule has 2 saturated heterocycles. The predicted octanol–water partition coefficient (Wildman–Crippen LogP) is 2.54. The molecule has 1 amide bonds. The van der Waals surface area contributed by atoms with Crippen LogP contribution in [0.25, 0.3) is 0 Å². The lowest BCUT2D eigenvalue weighted by molar-refractivity contribution is 0.0613. The number of rotatable bonds is 7. The molecule has 0 spiro atoms. The molecular formula is C24H32N4O2. The maximum Gasteiger partial charge on any atom is 0.289 e. The molecule has 0 atom stereocenters.